The van der Waals surface area contributed by atoms with Gasteiger partial charge in [0.2, 0.25) is 0 Å². The molecule has 2 amide bonds. The second-order valence-corrected chi connectivity index (χ2v) is 6.59. The van der Waals surface area contributed by atoms with Crippen molar-refractivity contribution in [1.82, 2.24) is 20.1 Å². The highest BCUT2D eigenvalue weighted by Crippen LogP contribution is 2.32. The maximum Gasteiger partial charge on any atom is 0.385 e. The number of aromatic nitrogens is 3. The molecule has 10 nitrogen and oxygen atoms in total. The number of ether oxygens (including phenoxy) is 2. The molecule has 5 rings (SSSR count). The number of carbonyl (C=O) groups excluding carboxylic acids is 3. The van der Waals surface area contributed by atoms with Gasteiger partial charge in [-0.2, -0.15) is 0 Å². The monoisotopic (exact) mass is 406 g/mol. The first-order valence-corrected chi connectivity index (χ1v) is 9.07. The van der Waals surface area contributed by atoms with Gasteiger partial charge in [-0.1, -0.05) is 22.4 Å². The molecule has 0 aliphatic carbocycles. The molecule has 0 saturated carbocycles. The van der Waals surface area contributed by atoms with Crippen molar-refractivity contribution in [3.8, 4) is 17.2 Å². The molecule has 2 aliphatic heterocycles. The first kappa shape index (κ1) is 17.9. The van der Waals surface area contributed by atoms with Crippen LogP contribution in [0.3, 0.4) is 0 Å². The van der Waals surface area contributed by atoms with Crippen molar-refractivity contribution in [2.45, 2.75) is 6.92 Å². The summed E-state index contributed by atoms with van der Waals surface area (Å²) in [6.07, 6.45) is 0. The molecular weight excluding hydrogens is 392 g/mol. The van der Waals surface area contributed by atoms with Gasteiger partial charge in [-0.25, -0.2) is 9.48 Å². The predicted molar refractivity (Wildman–Crippen MR) is 99.4 cm³/mol. The van der Waals surface area contributed by atoms with Crippen LogP contribution in [0.2, 0.25) is 0 Å². The standard InChI is InChI=1S/C20H14N4O6/c1-11-17(20(27)30-24-18(25)13-4-2-3-5-14(13)19(24)26)21-22-23(11)12-6-7-15-16(10-12)29-9-8-28-15/h2-7,10H,8-9H2,1H3. The second kappa shape index (κ2) is 6.69. The van der Waals surface area contributed by atoms with Crippen LogP contribution in [-0.4, -0.2) is 51.1 Å². The number of rotatable bonds is 3. The average Bonchev–Trinajstić information content (AvgIpc) is 3.27. The minimum absolute atomic E-state index is 0.124. The van der Waals surface area contributed by atoms with Crippen LogP contribution < -0.4 is 9.47 Å². The number of benzene rings is 2. The van der Waals surface area contributed by atoms with E-state index in [0.717, 1.165) is 0 Å². The normalized spacial score (nSPS) is 14.6. The third kappa shape index (κ3) is 2.69. The minimum atomic E-state index is -0.967. The molecule has 0 N–H and O–H groups in total. The van der Waals surface area contributed by atoms with E-state index in [4.69, 9.17) is 14.3 Å². The van der Waals surface area contributed by atoms with Crippen LogP contribution in [-0.2, 0) is 4.84 Å². The van der Waals surface area contributed by atoms with Gasteiger partial charge in [0, 0.05) is 6.07 Å². The Morgan fingerprint density at radius 2 is 1.67 bits per heavy atom. The molecule has 1 aromatic heterocycles. The van der Waals surface area contributed by atoms with Crippen molar-refractivity contribution in [1.29, 1.82) is 0 Å². The van der Waals surface area contributed by atoms with E-state index in [-0.39, 0.29) is 16.8 Å². The Morgan fingerprint density at radius 1 is 1.00 bits per heavy atom. The molecule has 0 fully saturated rings. The van der Waals surface area contributed by atoms with Crippen LogP contribution in [0.5, 0.6) is 11.5 Å². The maximum absolute atomic E-state index is 12.6. The molecule has 0 unspecified atom stereocenters. The third-order valence-electron chi connectivity index (χ3n) is 4.79. The lowest BCUT2D eigenvalue weighted by Crippen LogP contribution is -2.33. The molecular formula is C20H14N4O6. The molecule has 3 heterocycles. The number of hydrogen-bond acceptors (Lipinski definition) is 8. The maximum atomic E-state index is 12.6. The summed E-state index contributed by atoms with van der Waals surface area (Å²) in [5.74, 6) is -1.20. The van der Waals surface area contributed by atoms with Crippen molar-refractivity contribution in [2.75, 3.05) is 13.2 Å². The van der Waals surface area contributed by atoms with E-state index < -0.39 is 17.8 Å². The summed E-state index contributed by atoms with van der Waals surface area (Å²) in [6, 6.07) is 11.4. The first-order chi connectivity index (χ1) is 14.5. The molecule has 2 aromatic carbocycles. The van der Waals surface area contributed by atoms with Gasteiger partial charge in [-0.15, -0.1) is 5.10 Å². The summed E-state index contributed by atoms with van der Waals surface area (Å²) < 4.78 is 12.5. The molecule has 0 radical (unpaired) electrons. The number of imide groups is 1. The van der Waals surface area contributed by atoms with Crippen LogP contribution in [0.4, 0.5) is 0 Å². The van der Waals surface area contributed by atoms with E-state index in [0.29, 0.717) is 41.2 Å². The van der Waals surface area contributed by atoms with E-state index in [1.165, 1.54) is 16.8 Å². The SMILES string of the molecule is Cc1c(C(=O)ON2C(=O)c3ccccc3C2=O)nnn1-c1ccc2c(c1)OCCO2. The molecule has 2 aliphatic rings. The van der Waals surface area contributed by atoms with Crippen molar-refractivity contribution >= 4 is 17.8 Å². The Balaban J connectivity index is 1.40. The second-order valence-electron chi connectivity index (χ2n) is 6.59. The van der Waals surface area contributed by atoms with E-state index in [9.17, 15) is 14.4 Å². The summed E-state index contributed by atoms with van der Waals surface area (Å²) in [7, 11) is 0. The number of amides is 2. The molecule has 0 atom stereocenters. The number of hydroxylamine groups is 2. The van der Waals surface area contributed by atoms with Crippen molar-refractivity contribution in [3.05, 3.63) is 65.0 Å². The van der Waals surface area contributed by atoms with Gasteiger partial charge in [-0.3, -0.25) is 9.59 Å². The predicted octanol–water partition coefficient (Wildman–Crippen LogP) is 1.71. The van der Waals surface area contributed by atoms with Crippen molar-refractivity contribution in [3.63, 3.8) is 0 Å². The van der Waals surface area contributed by atoms with Gasteiger partial charge >= 0.3 is 5.97 Å². The summed E-state index contributed by atoms with van der Waals surface area (Å²) in [4.78, 5) is 42.4. The van der Waals surface area contributed by atoms with Crippen LogP contribution in [0, 0.1) is 6.92 Å². The molecule has 0 spiro atoms. The van der Waals surface area contributed by atoms with Crippen LogP contribution in [0.1, 0.15) is 36.9 Å². The smallest absolute Gasteiger partial charge is 0.385 e. The number of carbonyl (C=O) groups is 3. The number of hydrogen-bond donors (Lipinski definition) is 0. The van der Waals surface area contributed by atoms with Crippen LogP contribution in [0.15, 0.2) is 42.5 Å². The lowest BCUT2D eigenvalue weighted by molar-refractivity contribution is -0.0589. The topological polar surface area (TPSA) is 113 Å². The van der Waals surface area contributed by atoms with E-state index in [2.05, 4.69) is 10.3 Å². The number of nitrogens with zero attached hydrogens (tertiary/aromatic N) is 4. The minimum Gasteiger partial charge on any atom is -0.486 e. The largest absolute Gasteiger partial charge is 0.486 e. The van der Waals surface area contributed by atoms with Gasteiger partial charge in [0.25, 0.3) is 11.8 Å². The van der Waals surface area contributed by atoms with Gasteiger partial charge < -0.3 is 14.3 Å². The van der Waals surface area contributed by atoms with Gasteiger partial charge in [0.15, 0.2) is 17.2 Å². The highest BCUT2D eigenvalue weighted by Gasteiger charge is 2.39. The van der Waals surface area contributed by atoms with Crippen LogP contribution in [0.25, 0.3) is 5.69 Å². The van der Waals surface area contributed by atoms with E-state index in [1.54, 1.807) is 37.3 Å². The molecule has 10 heteroatoms. The Kier molecular flexibility index (Phi) is 3.98. The zero-order valence-electron chi connectivity index (χ0n) is 15.7. The highest BCUT2D eigenvalue weighted by molar-refractivity contribution is 6.21. The fourth-order valence-corrected chi connectivity index (χ4v) is 3.30. The third-order valence-corrected chi connectivity index (χ3v) is 4.79. The van der Waals surface area contributed by atoms with Crippen LogP contribution >= 0.6 is 0 Å². The molecule has 0 saturated heterocycles. The summed E-state index contributed by atoms with van der Waals surface area (Å²) in [5.41, 5.74) is 1.19. The highest BCUT2D eigenvalue weighted by atomic mass is 16.7. The lowest BCUT2D eigenvalue weighted by Gasteiger charge is -2.18. The van der Waals surface area contributed by atoms with E-state index in [1.807, 2.05) is 0 Å². The Hall–Kier alpha value is -4.21. The fourth-order valence-electron chi connectivity index (χ4n) is 3.30. The Bertz CT molecular complexity index is 1180. The summed E-state index contributed by atoms with van der Waals surface area (Å²) in [5, 5.41) is 8.29. The molecule has 0 bridgehead atoms. The van der Waals surface area contributed by atoms with Crippen molar-refractivity contribution < 1.29 is 28.7 Å². The zero-order valence-corrected chi connectivity index (χ0v) is 15.7. The average molecular weight is 406 g/mol. The van der Waals surface area contributed by atoms with Gasteiger partial charge in [0.1, 0.15) is 13.2 Å². The van der Waals surface area contributed by atoms with Crippen molar-refractivity contribution in [2.24, 2.45) is 0 Å². The quantitative estimate of drug-likeness (QED) is 0.604. The Labute approximate surface area is 169 Å². The molecule has 30 heavy (non-hydrogen) atoms. The first-order valence-electron chi connectivity index (χ1n) is 9.07. The summed E-state index contributed by atoms with van der Waals surface area (Å²) >= 11 is 0. The Morgan fingerprint density at radius 3 is 2.37 bits per heavy atom. The van der Waals surface area contributed by atoms with Gasteiger partial charge in [0.05, 0.1) is 22.5 Å². The zero-order chi connectivity index (χ0) is 20.8. The van der Waals surface area contributed by atoms with E-state index >= 15 is 0 Å². The fraction of sp³-hybridized carbons (Fsp3) is 0.150. The number of fused-ring (bicyclic) bond motifs is 2. The van der Waals surface area contributed by atoms with Gasteiger partial charge in [-0.05, 0) is 31.2 Å². The summed E-state index contributed by atoms with van der Waals surface area (Å²) in [6.45, 7) is 2.53. The molecule has 150 valence electrons. The lowest BCUT2D eigenvalue weighted by atomic mass is 10.1. The molecule has 3 aromatic rings.